The summed E-state index contributed by atoms with van der Waals surface area (Å²) in [6.07, 6.45) is 0.909. The van der Waals surface area contributed by atoms with Crippen LogP contribution in [0.1, 0.15) is 34.0 Å². The van der Waals surface area contributed by atoms with E-state index in [1.807, 2.05) is 64.4 Å². The summed E-state index contributed by atoms with van der Waals surface area (Å²) in [6.45, 7) is 6.23. The molecule has 3 aromatic rings. The molecule has 10 nitrogen and oxygen atoms in total. The molecule has 3 heterocycles. The Balaban J connectivity index is 1.12. The highest BCUT2D eigenvalue weighted by atomic mass is 35.5. The van der Waals surface area contributed by atoms with Crippen molar-refractivity contribution in [2.24, 2.45) is 0 Å². The number of hydrogen-bond acceptors (Lipinski definition) is 6. The second kappa shape index (κ2) is 14.6. The van der Waals surface area contributed by atoms with Gasteiger partial charge in [0.2, 0.25) is 17.7 Å². The summed E-state index contributed by atoms with van der Waals surface area (Å²) in [5, 5.41) is 7.02. The Labute approximate surface area is 280 Å². The van der Waals surface area contributed by atoms with Crippen molar-refractivity contribution in [3.8, 4) is 0 Å². The quantitative estimate of drug-likeness (QED) is 0.406. The summed E-state index contributed by atoms with van der Waals surface area (Å²) in [5.41, 5.74) is 4.69. The Hall–Kier alpha value is -4.41. The van der Waals surface area contributed by atoms with Gasteiger partial charge in [0.05, 0.1) is 11.6 Å². The molecule has 0 radical (unpaired) electrons. The molecule has 2 fully saturated rings. The van der Waals surface area contributed by atoms with E-state index < -0.39 is 12.1 Å². The Kier molecular flexibility index (Phi) is 10.1. The topological polar surface area (TPSA) is 105 Å². The molecule has 2 N–H and O–H groups in total. The number of carbonyl (C=O) groups is 4. The maximum absolute atomic E-state index is 14.0. The van der Waals surface area contributed by atoms with Crippen LogP contribution in [-0.2, 0) is 33.8 Å². The van der Waals surface area contributed by atoms with Crippen molar-refractivity contribution in [1.82, 2.24) is 25.3 Å². The second-order valence-electron chi connectivity index (χ2n) is 12.4. The molecule has 0 spiro atoms. The SMILES string of the molecule is CC(=O)N1CCN(C(=O)c2ccccc2N2CCN(C(=O)C(Cc3ccc(Cl)cc3)NC(=O)C3Cc4ccccc4CN3)CC2)CC1. The second-order valence-corrected chi connectivity index (χ2v) is 12.9. The van der Waals surface area contributed by atoms with Gasteiger partial charge in [-0.15, -0.1) is 0 Å². The molecule has 0 saturated carbocycles. The Bertz CT molecular complexity index is 1620. The number of hydrogen-bond donors (Lipinski definition) is 2. The van der Waals surface area contributed by atoms with Crippen molar-refractivity contribution in [1.29, 1.82) is 0 Å². The minimum atomic E-state index is -0.739. The first-order valence-electron chi connectivity index (χ1n) is 16.3. The van der Waals surface area contributed by atoms with Gasteiger partial charge in [-0.25, -0.2) is 0 Å². The monoisotopic (exact) mass is 656 g/mol. The van der Waals surface area contributed by atoms with E-state index in [-0.39, 0.29) is 23.6 Å². The van der Waals surface area contributed by atoms with Crippen LogP contribution in [0.15, 0.2) is 72.8 Å². The van der Waals surface area contributed by atoms with E-state index in [4.69, 9.17) is 11.6 Å². The third-order valence-electron chi connectivity index (χ3n) is 9.44. The number of piperazine rings is 2. The molecule has 246 valence electrons. The van der Waals surface area contributed by atoms with Gasteiger partial charge in [-0.2, -0.15) is 0 Å². The average Bonchev–Trinajstić information content (AvgIpc) is 3.11. The fourth-order valence-electron chi connectivity index (χ4n) is 6.68. The number of fused-ring (bicyclic) bond motifs is 1. The van der Waals surface area contributed by atoms with Crippen LogP contribution < -0.4 is 15.5 Å². The van der Waals surface area contributed by atoms with Crippen LogP contribution in [0, 0.1) is 0 Å². The lowest BCUT2D eigenvalue weighted by atomic mass is 9.95. The third kappa shape index (κ3) is 7.60. The fourth-order valence-corrected chi connectivity index (χ4v) is 6.81. The molecular weight excluding hydrogens is 616 g/mol. The zero-order chi connectivity index (χ0) is 32.9. The Morgan fingerprint density at radius 1 is 0.787 bits per heavy atom. The van der Waals surface area contributed by atoms with Crippen molar-refractivity contribution in [2.45, 2.75) is 38.4 Å². The number of rotatable bonds is 7. The van der Waals surface area contributed by atoms with E-state index in [1.165, 1.54) is 5.56 Å². The molecule has 3 aromatic carbocycles. The lowest BCUT2D eigenvalue weighted by Crippen LogP contribution is -2.58. The minimum Gasteiger partial charge on any atom is -0.367 e. The van der Waals surface area contributed by atoms with Crippen LogP contribution >= 0.6 is 11.6 Å². The largest absolute Gasteiger partial charge is 0.367 e. The predicted molar refractivity (Wildman–Crippen MR) is 181 cm³/mol. The molecular formula is C36H41ClN6O4. The summed E-state index contributed by atoms with van der Waals surface area (Å²) in [7, 11) is 0. The van der Waals surface area contributed by atoms with E-state index in [9.17, 15) is 19.2 Å². The normalized spacial score (nSPS) is 18.7. The number of amides is 4. The van der Waals surface area contributed by atoms with E-state index in [1.54, 1.807) is 24.0 Å². The van der Waals surface area contributed by atoms with Crippen LogP contribution in [0.2, 0.25) is 5.02 Å². The summed E-state index contributed by atoms with van der Waals surface area (Å²) in [6, 6.07) is 21.9. The van der Waals surface area contributed by atoms with Crippen LogP contribution in [0.3, 0.4) is 0 Å². The van der Waals surface area contributed by atoms with Crippen LogP contribution in [0.25, 0.3) is 0 Å². The summed E-state index contributed by atoms with van der Waals surface area (Å²) in [4.78, 5) is 60.4. The lowest BCUT2D eigenvalue weighted by molar-refractivity contribution is -0.137. The van der Waals surface area contributed by atoms with Crippen molar-refractivity contribution in [3.63, 3.8) is 0 Å². The number of benzene rings is 3. The first-order chi connectivity index (χ1) is 22.8. The number of nitrogens with zero attached hydrogens (tertiary/aromatic N) is 4. The lowest BCUT2D eigenvalue weighted by Gasteiger charge is -2.39. The molecule has 3 aliphatic heterocycles. The molecule has 2 atom stereocenters. The van der Waals surface area contributed by atoms with Gasteiger partial charge < -0.3 is 30.2 Å². The average molecular weight is 657 g/mol. The summed E-state index contributed by atoms with van der Waals surface area (Å²) < 4.78 is 0. The first kappa shape index (κ1) is 32.5. The molecule has 4 amide bonds. The van der Waals surface area contributed by atoms with Gasteiger partial charge in [0.1, 0.15) is 6.04 Å². The molecule has 47 heavy (non-hydrogen) atoms. The predicted octanol–water partition coefficient (Wildman–Crippen LogP) is 2.73. The molecule has 3 aliphatic rings. The van der Waals surface area contributed by atoms with Crippen molar-refractivity contribution >= 4 is 40.9 Å². The van der Waals surface area contributed by atoms with E-state index >= 15 is 0 Å². The molecule has 0 bridgehead atoms. The van der Waals surface area contributed by atoms with E-state index in [0.29, 0.717) is 82.3 Å². The first-order valence-corrected chi connectivity index (χ1v) is 16.7. The van der Waals surface area contributed by atoms with Crippen molar-refractivity contribution in [2.75, 3.05) is 57.3 Å². The molecule has 6 rings (SSSR count). The van der Waals surface area contributed by atoms with Gasteiger partial charge in [-0.1, -0.05) is 60.1 Å². The highest BCUT2D eigenvalue weighted by Crippen LogP contribution is 2.25. The van der Waals surface area contributed by atoms with Crippen molar-refractivity contribution < 1.29 is 19.2 Å². The zero-order valence-corrected chi connectivity index (χ0v) is 27.4. The van der Waals surface area contributed by atoms with E-state index in [0.717, 1.165) is 16.8 Å². The zero-order valence-electron chi connectivity index (χ0n) is 26.7. The van der Waals surface area contributed by atoms with Gasteiger partial charge in [0, 0.05) is 83.0 Å². The third-order valence-corrected chi connectivity index (χ3v) is 9.70. The van der Waals surface area contributed by atoms with Gasteiger partial charge in [-0.3, -0.25) is 19.2 Å². The van der Waals surface area contributed by atoms with Crippen LogP contribution in [0.4, 0.5) is 5.69 Å². The van der Waals surface area contributed by atoms with Crippen LogP contribution in [0.5, 0.6) is 0 Å². The molecule has 11 heteroatoms. The van der Waals surface area contributed by atoms with Gasteiger partial charge in [0.25, 0.3) is 5.91 Å². The maximum atomic E-state index is 14.0. The fraction of sp³-hybridized carbons (Fsp3) is 0.389. The number of carbonyl (C=O) groups excluding carboxylic acids is 4. The molecule has 2 saturated heterocycles. The van der Waals surface area contributed by atoms with Crippen molar-refractivity contribution in [3.05, 3.63) is 100 Å². The highest BCUT2D eigenvalue weighted by Gasteiger charge is 2.33. The smallest absolute Gasteiger partial charge is 0.256 e. The standard InChI is InChI=1S/C36H41ClN6O4/c1-25(44)40-14-18-42(19-15-40)35(46)30-8-4-5-9-33(30)41-16-20-43(21-17-41)36(47)32(22-26-10-12-29(37)13-11-26)39-34(45)31-23-27-6-2-3-7-28(27)24-38-31/h2-13,31-32,38H,14-24H2,1H3,(H,39,45). The summed E-state index contributed by atoms with van der Waals surface area (Å²) >= 11 is 6.12. The molecule has 2 unspecified atom stereocenters. The number of para-hydroxylation sites is 1. The Morgan fingerprint density at radius 2 is 1.40 bits per heavy atom. The number of nitrogens with one attached hydrogen (secondary N) is 2. The molecule has 0 aromatic heterocycles. The van der Waals surface area contributed by atoms with Crippen LogP contribution in [-0.4, -0.2) is 103 Å². The Morgan fingerprint density at radius 3 is 2.11 bits per heavy atom. The van der Waals surface area contributed by atoms with Gasteiger partial charge >= 0.3 is 0 Å². The minimum absolute atomic E-state index is 0.0244. The molecule has 0 aliphatic carbocycles. The van der Waals surface area contributed by atoms with Gasteiger partial charge in [0.15, 0.2) is 0 Å². The van der Waals surface area contributed by atoms with E-state index in [2.05, 4.69) is 21.6 Å². The summed E-state index contributed by atoms with van der Waals surface area (Å²) in [5.74, 6) is -0.345. The maximum Gasteiger partial charge on any atom is 0.256 e. The number of halogens is 1. The van der Waals surface area contributed by atoms with Gasteiger partial charge in [-0.05, 0) is 47.4 Å². The number of anilines is 1. The highest BCUT2D eigenvalue weighted by molar-refractivity contribution is 6.30.